The van der Waals surface area contributed by atoms with Crippen LogP contribution in [0.15, 0.2) is 24.3 Å². The predicted octanol–water partition coefficient (Wildman–Crippen LogP) is 2.20. The number of cyclic esters (lactones) is 2. The zero-order chi connectivity index (χ0) is 9.26. The van der Waals surface area contributed by atoms with E-state index in [9.17, 15) is 4.79 Å². The molecule has 1 aromatic rings. The van der Waals surface area contributed by atoms with Crippen molar-refractivity contribution in [3.05, 3.63) is 35.4 Å². The highest BCUT2D eigenvalue weighted by Gasteiger charge is 2.25. The van der Waals surface area contributed by atoms with E-state index in [0.717, 1.165) is 5.56 Å². The molecule has 0 saturated carbocycles. The molecule has 1 aromatic carbocycles. The number of hydrogen-bond donors (Lipinski definition) is 0. The second-order valence-corrected chi connectivity index (χ2v) is 3.08. The minimum Gasteiger partial charge on any atom is -0.430 e. The Hall–Kier alpha value is -1.51. The maximum absolute atomic E-state index is 10.6. The molecule has 1 aliphatic heterocycles. The summed E-state index contributed by atoms with van der Waals surface area (Å²) in [4.78, 5) is 10.6. The van der Waals surface area contributed by atoms with E-state index < -0.39 is 6.16 Å². The number of aryl methyl sites for hydroxylation is 1. The van der Waals surface area contributed by atoms with Crippen molar-refractivity contribution in [2.75, 3.05) is 6.61 Å². The molecule has 0 spiro atoms. The Morgan fingerprint density at radius 3 is 2.54 bits per heavy atom. The van der Waals surface area contributed by atoms with Gasteiger partial charge in [0.1, 0.15) is 6.61 Å². The molecule has 1 fully saturated rings. The molecule has 0 N–H and O–H groups in total. The highest BCUT2D eigenvalue weighted by molar-refractivity contribution is 5.62. The van der Waals surface area contributed by atoms with Gasteiger partial charge in [-0.15, -0.1) is 0 Å². The molecule has 1 atom stereocenters. The van der Waals surface area contributed by atoms with Crippen molar-refractivity contribution in [3.63, 3.8) is 0 Å². The molecule has 1 aliphatic rings. The number of hydrogen-bond acceptors (Lipinski definition) is 3. The van der Waals surface area contributed by atoms with E-state index in [1.807, 2.05) is 31.2 Å². The first kappa shape index (κ1) is 8.10. The Balaban J connectivity index is 2.17. The molecule has 3 nitrogen and oxygen atoms in total. The number of carbonyl (C=O) groups excluding carboxylic acids is 1. The van der Waals surface area contributed by atoms with Gasteiger partial charge >= 0.3 is 6.16 Å². The van der Waals surface area contributed by atoms with Crippen molar-refractivity contribution < 1.29 is 14.3 Å². The van der Waals surface area contributed by atoms with Crippen LogP contribution in [0.2, 0.25) is 0 Å². The van der Waals surface area contributed by atoms with E-state index in [-0.39, 0.29) is 6.10 Å². The lowest BCUT2D eigenvalue weighted by Crippen LogP contribution is -1.99. The summed E-state index contributed by atoms with van der Waals surface area (Å²) in [5, 5.41) is 0. The second-order valence-electron chi connectivity index (χ2n) is 3.08. The number of ether oxygens (including phenoxy) is 2. The minimum atomic E-state index is -0.578. The standard InChI is InChI=1S/C10H10O3/c1-7-2-4-8(5-3-7)9-6-12-10(11)13-9/h2-5,9H,6H2,1H3/t9-/m0/s1. The summed E-state index contributed by atoms with van der Waals surface area (Å²) in [5.74, 6) is 0. The van der Waals surface area contributed by atoms with Gasteiger partial charge in [-0.1, -0.05) is 29.8 Å². The fourth-order valence-electron chi connectivity index (χ4n) is 1.27. The normalized spacial score (nSPS) is 21.0. The summed E-state index contributed by atoms with van der Waals surface area (Å²) in [7, 11) is 0. The molecule has 13 heavy (non-hydrogen) atoms. The van der Waals surface area contributed by atoms with Crippen LogP contribution >= 0.6 is 0 Å². The molecule has 3 heteroatoms. The average molecular weight is 178 g/mol. The van der Waals surface area contributed by atoms with Crippen LogP contribution in [-0.2, 0) is 9.47 Å². The van der Waals surface area contributed by atoms with Gasteiger partial charge in [0.25, 0.3) is 0 Å². The first-order chi connectivity index (χ1) is 6.25. The summed E-state index contributed by atoms with van der Waals surface area (Å²) < 4.78 is 9.62. The van der Waals surface area contributed by atoms with Gasteiger partial charge in [-0.25, -0.2) is 4.79 Å². The molecule has 2 rings (SSSR count). The molecule has 68 valence electrons. The second kappa shape index (κ2) is 3.09. The number of carbonyl (C=O) groups is 1. The minimum absolute atomic E-state index is 0.229. The number of benzene rings is 1. The van der Waals surface area contributed by atoms with Gasteiger partial charge in [0.15, 0.2) is 6.10 Å². The van der Waals surface area contributed by atoms with Crippen molar-refractivity contribution in [1.82, 2.24) is 0 Å². The topological polar surface area (TPSA) is 35.5 Å². The molecule has 1 saturated heterocycles. The Kier molecular flexibility index (Phi) is 1.93. The molecule has 0 aliphatic carbocycles. The predicted molar refractivity (Wildman–Crippen MR) is 46.4 cm³/mol. The monoisotopic (exact) mass is 178 g/mol. The third kappa shape index (κ3) is 1.64. The fourth-order valence-corrected chi connectivity index (χ4v) is 1.27. The van der Waals surface area contributed by atoms with Gasteiger partial charge in [0.2, 0.25) is 0 Å². The molecular weight excluding hydrogens is 168 g/mol. The van der Waals surface area contributed by atoms with Crippen LogP contribution in [0.5, 0.6) is 0 Å². The van der Waals surface area contributed by atoms with Crippen molar-refractivity contribution in [1.29, 1.82) is 0 Å². The van der Waals surface area contributed by atoms with Gasteiger partial charge in [0, 0.05) is 0 Å². The highest BCUT2D eigenvalue weighted by atomic mass is 16.8. The first-order valence-corrected chi connectivity index (χ1v) is 4.16. The maximum atomic E-state index is 10.6. The smallest absolute Gasteiger partial charge is 0.430 e. The van der Waals surface area contributed by atoms with Crippen LogP contribution in [0, 0.1) is 6.92 Å². The average Bonchev–Trinajstić information content (AvgIpc) is 2.53. The Bertz CT molecular complexity index is 315. The summed E-state index contributed by atoms with van der Waals surface area (Å²) in [6, 6.07) is 7.87. The maximum Gasteiger partial charge on any atom is 0.509 e. The van der Waals surface area contributed by atoms with Gasteiger partial charge in [-0.05, 0) is 12.5 Å². The Labute approximate surface area is 76.3 Å². The molecule has 0 amide bonds. The quantitative estimate of drug-likeness (QED) is 0.618. The van der Waals surface area contributed by atoms with Gasteiger partial charge in [-0.2, -0.15) is 0 Å². The summed E-state index contributed by atoms with van der Waals surface area (Å²) in [6.07, 6.45) is -0.807. The van der Waals surface area contributed by atoms with Crippen LogP contribution < -0.4 is 0 Å². The van der Waals surface area contributed by atoms with Crippen LogP contribution in [0.3, 0.4) is 0 Å². The SMILES string of the molecule is Cc1ccc([C@@H]2COC(=O)O2)cc1. The zero-order valence-corrected chi connectivity index (χ0v) is 7.32. The van der Waals surface area contributed by atoms with Crippen molar-refractivity contribution in [2.45, 2.75) is 13.0 Å². The molecule has 0 aromatic heterocycles. The van der Waals surface area contributed by atoms with Crippen molar-refractivity contribution in [3.8, 4) is 0 Å². The van der Waals surface area contributed by atoms with E-state index in [0.29, 0.717) is 6.61 Å². The Morgan fingerprint density at radius 1 is 1.31 bits per heavy atom. The van der Waals surface area contributed by atoms with Crippen LogP contribution in [0.4, 0.5) is 4.79 Å². The molecule has 0 radical (unpaired) electrons. The lowest BCUT2D eigenvalue weighted by atomic mass is 10.1. The number of rotatable bonds is 1. The van der Waals surface area contributed by atoms with Crippen LogP contribution in [0.25, 0.3) is 0 Å². The summed E-state index contributed by atoms with van der Waals surface area (Å²) in [5.41, 5.74) is 2.17. The first-order valence-electron chi connectivity index (χ1n) is 4.16. The lowest BCUT2D eigenvalue weighted by molar-refractivity contribution is 0.118. The molecule has 1 heterocycles. The third-order valence-electron chi connectivity index (χ3n) is 2.04. The third-order valence-corrected chi connectivity index (χ3v) is 2.04. The summed E-state index contributed by atoms with van der Waals surface area (Å²) in [6.45, 7) is 2.34. The molecule has 0 unspecified atom stereocenters. The van der Waals surface area contributed by atoms with Crippen molar-refractivity contribution >= 4 is 6.16 Å². The van der Waals surface area contributed by atoms with Gasteiger partial charge in [0.05, 0.1) is 0 Å². The molecular formula is C10H10O3. The lowest BCUT2D eigenvalue weighted by Gasteiger charge is -2.05. The molecule has 0 bridgehead atoms. The Morgan fingerprint density at radius 2 is 2.00 bits per heavy atom. The summed E-state index contributed by atoms with van der Waals surface area (Å²) >= 11 is 0. The highest BCUT2D eigenvalue weighted by Crippen LogP contribution is 2.23. The van der Waals surface area contributed by atoms with Crippen LogP contribution in [0.1, 0.15) is 17.2 Å². The zero-order valence-electron chi connectivity index (χ0n) is 7.32. The van der Waals surface area contributed by atoms with E-state index in [1.54, 1.807) is 0 Å². The van der Waals surface area contributed by atoms with E-state index in [1.165, 1.54) is 5.56 Å². The van der Waals surface area contributed by atoms with E-state index in [2.05, 4.69) is 4.74 Å². The van der Waals surface area contributed by atoms with E-state index in [4.69, 9.17) is 4.74 Å². The van der Waals surface area contributed by atoms with Gasteiger partial charge < -0.3 is 9.47 Å². The van der Waals surface area contributed by atoms with Crippen LogP contribution in [-0.4, -0.2) is 12.8 Å². The van der Waals surface area contributed by atoms with E-state index >= 15 is 0 Å². The van der Waals surface area contributed by atoms with Crippen molar-refractivity contribution in [2.24, 2.45) is 0 Å². The fraction of sp³-hybridized carbons (Fsp3) is 0.300. The largest absolute Gasteiger partial charge is 0.509 e. The van der Waals surface area contributed by atoms with Gasteiger partial charge in [-0.3, -0.25) is 0 Å².